The first-order chi connectivity index (χ1) is 28.3. The topological polar surface area (TPSA) is 61.7 Å². The number of hydrogen-bond donors (Lipinski definition) is 0. The van der Waals surface area contributed by atoms with Crippen molar-refractivity contribution in [1.82, 2.24) is 24.1 Å². The highest BCUT2D eigenvalue weighted by Crippen LogP contribution is 2.43. The lowest BCUT2D eigenvalue weighted by molar-refractivity contribution is 0.666. The maximum atomic E-state index is 6.70. The Hall–Kier alpha value is -7.83. The van der Waals surface area contributed by atoms with Gasteiger partial charge in [0, 0.05) is 43.4 Å². The summed E-state index contributed by atoms with van der Waals surface area (Å²) >= 11 is 0. The minimum absolute atomic E-state index is 0.545. The smallest absolute Gasteiger partial charge is 0.238 e. The summed E-state index contributed by atoms with van der Waals surface area (Å²) in [4.78, 5) is 15.7. The molecule has 0 fully saturated rings. The van der Waals surface area contributed by atoms with Crippen LogP contribution in [0.4, 0.5) is 0 Å². The van der Waals surface area contributed by atoms with Crippen LogP contribution in [-0.2, 0) is 0 Å². The van der Waals surface area contributed by atoms with Gasteiger partial charge in [0.2, 0.25) is 5.95 Å². The normalized spacial score (nSPS) is 11.9. The maximum absolute atomic E-state index is 6.70. The fourth-order valence-corrected chi connectivity index (χ4v) is 8.62. The van der Waals surface area contributed by atoms with E-state index in [9.17, 15) is 0 Å². The zero-order valence-electron chi connectivity index (χ0n) is 30.5. The van der Waals surface area contributed by atoms with Crippen LogP contribution in [0.3, 0.4) is 0 Å². The molecule has 0 aliphatic heterocycles. The summed E-state index contributed by atoms with van der Waals surface area (Å²) in [5.74, 6) is 1.75. The van der Waals surface area contributed by atoms with E-state index in [-0.39, 0.29) is 0 Å². The van der Waals surface area contributed by atoms with E-state index in [4.69, 9.17) is 19.4 Å². The molecule has 0 saturated carbocycles. The van der Waals surface area contributed by atoms with Crippen molar-refractivity contribution in [3.8, 4) is 45.5 Å². The van der Waals surface area contributed by atoms with Gasteiger partial charge in [-0.2, -0.15) is 9.97 Å². The molecule has 0 aliphatic carbocycles. The highest BCUT2D eigenvalue weighted by atomic mass is 16.3. The van der Waals surface area contributed by atoms with Crippen LogP contribution in [0.1, 0.15) is 0 Å². The Morgan fingerprint density at radius 2 is 0.825 bits per heavy atom. The van der Waals surface area contributed by atoms with E-state index in [0.29, 0.717) is 17.6 Å². The number of fused-ring (bicyclic) bond motifs is 10. The average molecular weight is 730 g/mol. The lowest BCUT2D eigenvalue weighted by Gasteiger charge is -2.13. The summed E-state index contributed by atoms with van der Waals surface area (Å²) in [6, 6.07) is 65.4. The molecule has 0 bridgehead atoms. The Labute approximate surface area is 326 Å². The number of nitrogens with zero attached hydrogens (tertiary/aromatic N) is 5. The van der Waals surface area contributed by atoms with Crippen molar-refractivity contribution < 1.29 is 4.42 Å². The van der Waals surface area contributed by atoms with Crippen LogP contribution < -0.4 is 0 Å². The predicted molar refractivity (Wildman–Crippen MR) is 232 cm³/mol. The highest BCUT2D eigenvalue weighted by Gasteiger charge is 2.25. The molecular weight excluding hydrogens is 699 g/mol. The van der Waals surface area contributed by atoms with Crippen molar-refractivity contribution in [2.24, 2.45) is 0 Å². The Balaban J connectivity index is 1.19. The fourth-order valence-electron chi connectivity index (χ4n) is 8.62. The van der Waals surface area contributed by atoms with Crippen LogP contribution >= 0.6 is 0 Å². The third kappa shape index (κ3) is 4.81. The molecule has 0 spiro atoms. The second-order valence-corrected chi connectivity index (χ2v) is 14.4. The number of furan rings is 1. The van der Waals surface area contributed by atoms with Gasteiger partial charge in [0.1, 0.15) is 5.58 Å². The van der Waals surface area contributed by atoms with E-state index < -0.39 is 0 Å². The molecule has 0 amide bonds. The monoisotopic (exact) mass is 729 g/mol. The minimum Gasteiger partial charge on any atom is -0.454 e. The van der Waals surface area contributed by atoms with Crippen molar-refractivity contribution in [2.75, 3.05) is 0 Å². The van der Waals surface area contributed by atoms with Gasteiger partial charge in [-0.1, -0.05) is 164 Å². The summed E-state index contributed by atoms with van der Waals surface area (Å²) in [7, 11) is 0. The lowest BCUT2D eigenvalue weighted by Crippen LogP contribution is -2.07. The molecule has 12 rings (SSSR count). The molecule has 0 atom stereocenters. The van der Waals surface area contributed by atoms with Crippen molar-refractivity contribution in [3.63, 3.8) is 0 Å². The maximum Gasteiger partial charge on any atom is 0.238 e. The molecular formula is C51H31N5O. The molecule has 57 heavy (non-hydrogen) atoms. The molecule has 6 heteroatoms. The van der Waals surface area contributed by atoms with Crippen molar-refractivity contribution in [2.45, 2.75) is 0 Å². The Morgan fingerprint density at radius 1 is 0.333 bits per heavy atom. The van der Waals surface area contributed by atoms with E-state index in [1.807, 2.05) is 36.4 Å². The first-order valence-electron chi connectivity index (χ1n) is 19.1. The molecule has 0 saturated heterocycles. The van der Waals surface area contributed by atoms with Crippen LogP contribution in [0.5, 0.6) is 0 Å². The Morgan fingerprint density at radius 3 is 1.51 bits per heavy atom. The number of hydrogen-bond acceptors (Lipinski definition) is 4. The third-order valence-corrected chi connectivity index (χ3v) is 11.2. The van der Waals surface area contributed by atoms with Gasteiger partial charge in [-0.25, -0.2) is 4.98 Å². The number of benzene rings is 8. The fraction of sp³-hybridized carbons (Fsp3) is 0. The zero-order chi connectivity index (χ0) is 37.5. The third-order valence-electron chi connectivity index (χ3n) is 11.2. The molecule has 6 nitrogen and oxygen atoms in total. The summed E-state index contributed by atoms with van der Waals surface area (Å²) in [5.41, 5.74) is 10.9. The minimum atomic E-state index is 0.545. The van der Waals surface area contributed by atoms with Crippen LogP contribution in [0.25, 0.3) is 111 Å². The molecule has 12 aromatic rings. The second kappa shape index (κ2) is 12.3. The summed E-state index contributed by atoms with van der Waals surface area (Å²) in [6.07, 6.45) is 0. The number of rotatable bonds is 5. The van der Waals surface area contributed by atoms with Gasteiger partial charge in [0.05, 0.1) is 27.8 Å². The van der Waals surface area contributed by atoms with Gasteiger partial charge >= 0.3 is 0 Å². The average Bonchev–Trinajstić information content (AvgIpc) is 3.95. The summed E-state index contributed by atoms with van der Waals surface area (Å²) in [5, 5.41) is 6.67. The molecule has 266 valence electrons. The van der Waals surface area contributed by atoms with Gasteiger partial charge in [-0.05, 0) is 35.4 Å². The van der Waals surface area contributed by atoms with Gasteiger partial charge in [-0.3, -0.25) is 4.57 Å². The molecule has 0 radical (unpaired) electrons. The van der Waals surface area contributed by atoms with E-state index in [0.717, 1.165) is 93.5 Å². The standard InChI is InChI=1S/C51H31N5O/c1-3-14-32(15-4-1)33-26-28-35(29-27-33)50-52-49(34-16-5-2-6-17-34)53-51(54-50)56-43-23-11-8-19-37(43)40-31-30-39-36-18-7-10-22-42(36)55(46(39)47(40)56)44-24-13-21-41-38-20-9-12-25-45(38)57-48(41)44/h1-31H. The Kier molecular flexibility index (Phi) is 6.83. The second-order valence-electron chi connectivity index (χ2n) is 14.4. The molecule has 0 N–H and O–H groups in total. The van der Waals surface area contributed by atoms with Gasteiger partial charge in [-0.15, -0.1) is 0 Å². The van der Waals surface area contributed by atoms with E-state index in [1.54, 1.807) is 0 Å². The Bertz CT molecular complexity index is 3510. The first-order valence-corrected chi connectivity index (χ1v) is 19.1. The predicted octanol–water partition coefficient (Wildman–Crippen LogP) is 13.0. The SMILES string of the molecule is c1ccc(-c2ccc(-c3nc(-c4ccccc4)nc(-n4c5ccccc5c5ccc6c7ccccc7n(-c7cccc8c7oc7ccccc78)c6c54)n3)cc2)cc1. The van der Waals surface area contributed by atoms with Crippen molar-refractivity contribution >= 4 is 65.6 Å². The molecule has 0 aliphatic rings. The van der Waals surface area contributed by atoms with E-state index in [2.05, 4.69) is 161 Å². The number of para-hydroxylation sites is 4. The quantitative estimate of drug-likeness (QED) is 0.177. The van der Waals surface area contributed by atoms with Crippen molar-refractivity contribution in [3.05, 3.63) is 188 Å². The van der Waals surface area contributed by atoms with Gasteiger partial charge in [0.15, 0.2) is 17.2 Å². The molecule has 4 aromatic heterocycles. The van der Waals surface area contributed by atoms with Crippen molar-refractivity contribution in [1.29, 1.82) is 0 Å². The first kappa shape index (κ1) is 31.5. The van der Waals surface area contributed by atoms with E-state index in [1.165, 1.54) is 0 Å². The lowest BCUT2D eigenvalue weighted by atomic mass is 10.0. The summed E-state index contributed by atoms with van der Waals surface area (Å²) < 4.78 is 11.3. The molecule has 0 unspecified atom stereocenters. The molecule has 4 heterocycles. The number of aromatic nitrogens is 5. The van der Waals surface area contributed by atoms with Crippen LogP contribution in [0.2, 0.25) is 0 Å². The van der Waals surface area contributed by atoms with Gasteiger partial charge in [0.25, 0.3) is 0 Å². The van der Waals surface area contributed by atoms with E-state index >= 15 is 0 Å². The van der Waals surface area contributed by atoms with Gasteiger partial charge < -0.3 is 8.98 Å². The zero-order valence-corrected chi connectivity index (χ0v) is 30.5. The highest BCUT2D eigenvalue weighted by molar-refractivity contribution is 6.24. The van der Waals surface area contributed by atoms with Crippen LogP contribution in [0, 0.1) is 0 Å². The van der Waals surface area contributed by atoms with Crippen LogP contribution in [0.15, 0.2) is 192 Å². The largest absolute Gasteiger partial charge is 0.454 e. The molecule has 8 aromatic carbocycles. The summed E-state index contributed by atoms with van der Waals surface area (Å²) in [6.45, 7) is 0. The van der Waals surface area contributed by atoms with Crippen LogP contribution in [-0.4, -0.2) is 24.1 Å².